The minimum absolute atomic E-state index is 0.00251. The second kappa shape index (κ2) is 12.2. The van der Waals surface area contributed by atoms with Gasteiger partial charge < -0.3 is 4.74 Å². The lowest BCUT2D eigenvalue weighted by molar-refractivity contribution is -0.179. The lowest BCUT2D eigenvalue weighted by atomic mass is 9.43. The topological polar surface area (TPSA) is 90.0 Å². The number of ether oxygens (including phenoxy) is 1. The van der Waals surface area contributed by atoms with Crippen LogP contribution in [0.25, 0.3) is 0 Å². The van der Waals surface area contributed by atoms with E-state index in [2.05, 4.69) is 32.6 Å². The van der Waals surface area contributed by atoms with Gasteiger partial charge in [0.1, 0.15) is 11.6 Å². The first-order valence-electron chi connectivity index (χ1n) is 17.1. The Bertz CT molecular complexity index is 1120. The van der Waals surface area contributed by atoms with Crippen LogP contribution in [0, 0.1) is 40.4 Å². The number of Topliss-reactive ketones (excluding diaryl/α,β-unsaturated/α-hetero) is 2. The van der Waals surface area contributed by atoms with Gasteiger partial charge in [-0.3, -0.25) is 18.7 Å². The molecule has 0 aromatic rings. The molecule has 0 spiro atoms. The fourth-order valence-electron chi connectivity index (χ4n) is 11.0. The predicted molar refractivity (Wildman–Crippen MR) is 164 cm³/mol. The molecule has 1 heterocycles. The number of hydrogen-bond acceptors (Lipinski definition) is 7. The van der Waals surface area contributed by atoms with Gasteiger partial charge in [0.25, 0.3) is 10.1 Å². The minimum Gasteiger partial charge on any atom is -0.372 e. The average Bonchev–Trinajstić information content (AvgIpc) is 3.26. The second-order valence-corrected chi connectivity index (χ2v) is 17.1. The van der Waals surface area contributed by atoms with Crippen molar-refractivity contribution in [3.8, 4) is 0 Å². The lowest BCUT2D eigenvalue weighted by Gasteiger charge is -2.62. The number of carbonyl (C=O) groups is 2. The first-order chi connectivity index (χ1) is 19.8. The molecule has 240 valence electrons. The van der Waals surface area contributed by atoms with Crippen molar-refractivity contribution in [1.82, 2.24) is 4.90 Å². The number of hydrogen-bond donors (Lipinski definition) is 0. The first-order valence-corrected chi connectivity index (χ1v) is 18.9. The average molecular weight is 608 g/mol. The van der Waals surface area contributed by atoms with Crippen molar-refractivity contribution in [2.45, 2.75) is 136 Å². The van der Waals surface area contributed by atoms with Crippen LogP contribution in [0.3, 0.4) is 0 Å². The van der Waals surface area contributed by atoms with Gasteiger partial charge in [0.2, 0.25) is 0 Å². The van der Waals surface area contributed by atoms with Gasteiger partial charge in [0, 0.05) is 37.4 Å². The van der Waals surface area contributed by atoms with Crippen LogP contribution in [0.1, 0.15) is 118 Å². The van der Waals surface area contributed by atoms with Crippen molar-refractivity contribution in [1.29, 1.82) is 0 Å². The SMILES string of the molecule is CCCCC1(CCCC)CN([C@H]2C[C@@]3(C)[C@@H](CC[C@H]4[C@@H]5CC[C@H](C(C)=O)[C@@]5(C)CC(=O)[C@@H]43)C[C@@H]2OS(C)(=O)=O)CCO1. The van der Waals surface area contributed by atoms with E-state index in [4.69, 9.17) is 8.92 Å². The maximum Gasteiger partial charge on any atom is 0.264 e. The van der Waals surface area contributed by atoms with Gasteiger partial charge in [-0.05, 0) is 86.9 Å². The zero-order chi connectivity index (χ0) is 30.5. The Hall–Kier alpha value is -0.830. The minimum atomic E-state index is -3.64. The van der Waals surface area contributed by atoms with E-state index < -0.39 is 16.2 Å². The Morgan fingerprint density at radius 3 is 2.36 bits per heavy atom. The summed E-state index contributed by atoms with van der Waals surface area (Å²) >= 11 is 0. The van der Waals surface area contributed by atoms with Crippen molar-refractivity contribution < 1.29 is 26.9 Å². The largest absolute Gasteiger partial charge is 0.372 e. The highest BCUT2D eigenvalue weighted by Gasteiger charge is 2.65. The third kappa shape index (κ3) is 5.92. The molecule has 0 unspecified atom stereocenters. The van der Waals surface area contributed by atoms with Crippen molar-refractivity contribution in [2.24, 2.45) is 40.4 Å². The number of unbranched alkanes of at least 4 members (excludes halogenated alkanes) is 2. The highest BCUT2D eigenvalue weighted by Crippen LogP contribution is 2.67. The molecule has 5 fully saturated rings. The molecule has 0 aromatic carbocycles. The lowest BCUT2D eigenvalue weighted by Crippen LogP contribution is -2.65. The van der Waals surface area contributed by atoms with Gasteiger partial charge in [-0.25, -0.2) is 0 Å². The number of morpholine rings is 1. The molecule has 0 bridgehead atoms. The summed E-state index contributed by atoms with van der Waals surface area (Å²) in [6.07, 6.45) is 13.2. The molecule has 0 aromatic heterocycles. The van der Waals surface area contributed by atoms with E-state index in [0.29, 0.717) is 37.1 Å². The summed E-state index contributed by atoms with van der Waals surface area (Å²) in [5, 5.41) is 0. The van der Waals surface area contributed by atoms with E-state index in [9.17, 15) is 18.0 Å². The molecule has 4 saturated carbocycles. The standard InChI is InChI=1S/C34H57NO6S/c1-7-9-15-34(16-10-8-2)22-35(17-18-40-34)28-20-32(4)24(19-30(28)41-42(6,38)39)11-12-25-27-14-13-26(23(3)36)33(27,5)21-29(37)31(25)32/h24-28,30-31H,7-22H2,1-6H3/t24-,25-,26+,27-,28-,30-,31+,32-,33+/m0/s1. The summed E-state index contributed by atoms with van der Waals surface area (Å²) < 4.78 is 37.6. The fraction of sp³-hybridized carbons (Fsp3) is 0.941. The summed E-state index contributed by atoms with van der Waals surface area (Å²) in [6.45, 7) is 12.9. The molecule has 4 aliphatic carbocycles. The number of fused-ring (bicyclic) bond motifs is 5. The molecule has 7 nitrogen and oxygen atoms in total. The number of rotatable bonds is 10. The highest BCUT2D eigenvalue weighted by atomic mass is 32.2. The summed E-state index contributed by atoms with van der Waals surface area (Å²) in [4.78, 5) is 29.4. The van der Waals surface area contributed by atoms with E-state index in [1.54, 1.807) is 6.92 Å². The predicted octanol–water partition coefficient (Wildman–Crippen LogP) is 6.19. The van der Waals surface area contributed by atoms with Crippen LogP contribution in [0.4, 0.5) is 0 Å². The zero-order valence-corrected chi connectivity index (χ0v) is 28.0. The summed E-state index contributed by atoms with van der Waals surface area (Å²) in [5.74, 6) is 1.55. The van der Waals surface area contributed by atoms with Crippen LogP contribution in [0.15, 0.2) is 0 Å². The van der Waals surface area contributed by atoms with E-state index in [-0.39, 0.29) is 46.0 Å². The number of carbonyl (C=O) groups excluding carboxylic acids is 2. The molecule has 0 amide bonds. The molecule has 0 radical (unpaired) electrons. The van der Waals surface area contributed by atoms with Crippen LogP contribution in [0.2, 0.25) is 0 Å². The molecule has 5 rings (SSSR count). The Balaban J connectivity index is 1.46. The molecular weight excluding hydrogens is 550 g/mol. The van der Waals surface area contributed by atoms with E-state index in [1.165, 1.54) is 6.26 Å². The van der Waals surface area contributed by atoms with Crippen LogP contribution >= 0.6 is 0 Å². The van der Waals surface area contributed by atoms with Crippen LogP contribution in [-0.2, 0) is 28.6 Å². The van der Waals surface area contributed by atoms with Crippen molar-refractivity contribution in [3.05, 3.63) is 0 Å². The van der Waals surface area contributed by atoms with Gasteiger partial charge in [-0.15, -0.1) is 0 Å². The van der Waals surface area contributed by atoms with Gasteiger partial charge >= 0.3 is 0 Å². The smallest absolute Gasteiger partial charge is 0.264 e. The third-order valence-electron chi connectivity index (χ3n) is 12.9. The molecule has 42 heavy (non-hydrogen) atoms. The maximum absolute atomic E-state index is 14.3. The Morgan fingerprint density at radius 1 is 1.05 bits per heavy atom. The Morgan fingerprint density at radius 2 is 1.74 bits per heavy atom. The normalized spacial score (nSPS) is 42.0. The Kier molecular flexibility index (Phi) is 9.43. The van der Waals surface area contributed by atoms with E-state index in [1.807, 2.05) is 0 Å². The maximum atomic E-state index is 14.3. The van der Waals surface area contributed by atoms with E-state index >= 15 is 0 Å². The van der Waals surface area contributed by atoms with E-state index in [0.717, 1.165) is 83.7 Å². The Labute approximate surface area is 255 Å². The van der Waals surface area contributed by atoms with Crippen molar-refractivity contribution in [2.75, 3.05) is 26.0 Å². The summed E-state index contributed by atoms with van der Waals surface area (Å²) in [7, 11) is -3.64. The molecule has 8 heteroatoms. The fourth-order valence-corrected chi connectivity index (χ4v) is 11.7. The van der Waals surface area contributed by atoms with Crippen molar-refractivity contribution in [3.63, 3.8) is 0 Å². The molecule has 1 aliphatic heterocycles. The van der Waals surface area contributed by atoms with Gasteiger partial charge in [-0.1, -0.05) is 53.4 Å². The molecular formula is C34H57NO6S. The van der Waals surface area contributed by atoms with Crippen LogP contribution in [0.5, 0.6) is 0 Å². The quantitative estimate of drug-likeness (QED) is 0.274. The summed E-state index contributed by atoms with van der Waals surface area (Å²) in [6, 6.07) is -0.0686. The monoisotopic (exact) mass is 607 g/mol. The van der Waals surface area contributed by atoms with Crippen molar-refractivity contribution >= 4 is 21.7 Å². The van der Waals surface area contributed by atoms with Gasteiger partial charge in [-0.2, -0.15) is 8.42 Å². The van der Waals surface area contributed by atoms with Gasteiger partial charge in [0.15, 0.2) is 0 Å². The second-order valence-electron chi connectivity index (χ2n) is 15.5. The molecule has 0 N–H and O–H groups in total. The van der Waals surface area contributed by atoms with Crippen LogP contribution < -0.4 is 0 Å². The highest BCUT2D eigenvalue weighted by molar-refractivity contribution is 7.86. The number of nitrogens with zero attached hydrogens (tertiary/aromatic N) is 1. The first kappa shape index (κ1) is 32.6. The number of ketones is 2. The summed E-state index contributed by atoms with van der Waals surface area (Å²) in [5.41, 5.74) is -0.627. The molecule has 1 saturated heterocycles. The zero-order valence-electron chi connectivity index (χ0n) is 27.2. The molecule has 5 aliphatic rings. The van der Waals surface area contributed by atoms with Gasteiger partial charge in [0.05, 0.1) is 24.6 Å². The molecule has 9 atom stereocenters. The third-order valence-corrected chi connectivity index (χ3v) is 13.4. The van der Waals surface area contributed by atoms with Crippen LogP contribution in [-0.4, -0.2) is 68.6 Å².